The molecule has 2 rings (SSSR count). The van der Waals surface area contributed by atoms with Gasteiger partial charge in [-0.05, 0) is 43.5 Å². The number of hydrogen-bond acceptors (Lipinski definition) is 4. The number of carboxylic acid groups (broad SMARTS) is 1. The van der Waals surface area contributed by atoms with Crippen LogP contribution in [-0.4, -0.2) is 47.8 Å². The minimum atomic E-state index is -10.2. The van der Waals surface area contributed by atoms with Crippen LogP contribution in [0.4, 0.5) is 32.6 Å². The van der Waals surface area contributed by atoms with E-state index in [0.717, 1.165) is 6.92 Å². The molecule has 0 saturated carbocycles. The number of hydrogen-bond donors (Lipinski definition) is 4. The molecule has 1 aliphatic heterocycles. The zero-order chi connectivity index (χ0) is 27.0. The summed E-state index contributed by atoms with van der Waals surface area (Å²) in [5, 5.41) is 11.1. The standard InChI is InChI=1S/C18H20F8N4O4S/c1-8-5-10(35(22,23,24,25)26)6-9-7-11(14(18(19,20)21)34-13(8)9)15(31)30-12(16(32)33)3-2-4-29-17(27)28/h5-7,12,14H,2-4H2,1H3,(H,30,31)(H,32,33)(H4,27,28,29)/t12?,14-/m0/s1. The first-order valence-electron chi connectivity index (χ1n) is 9.53. The highest BCUT2D eigenvalue weighted by molar-refractivity contribution is 8.45. The van der Waals surface area contributed by atoms with Gasteiger partial charge in [-0.25, -0.2) is 4.79 Å². The molecule has 198 valence electrons. The maximum Gasteiger partial charge on any atom is 0.429 e. The number of ether oxygens (including phenoxy) is 1. The number of nitrogens with zero attached hydrogens (tertiary/aromatic N) is 1. The van der Waals surface area contributed by atoms with Gasteiger partial charge < -0.3 is 26.6 Å². The van der Waals surface area contributed by atoms with Crippen molar-refractivity contribution in [1.29, 1.82) is 0 Å². The van der Waals surface area contributed by atoms with Gasteiger partial charge in [-0.15, -0.1) is 0 Å². The zero-order valence-electron chi connectivity index (χ0n) is 17.7. The number of fused-ring (bicyclic) bond motifs is 1. The van der Waals surface area contributed by atoms with Crippen LogP contribution >= 0.6 is 10.2 Å². The smallest absolute Gasteiger partial charge is 0.429 e. The molecule has 2 atom stereocenters. The molecule has 1 unspecified atom stereocenters. The zero-order valence-corrected chi connectivity index (χ0v) is 18.5. The van der Waals surface area contributed by atoms with Crippen molar-refractivity contribution >= 4 is 34.1 Å². The molecule has 1 heterocycles. The number of nitrogens with one attached hydrogen (secondary N) is 1. The molecule has 0 radical (unpaired) electrons. The van der Waals surface area contributed by atoms with Crippen LogP contribution in [0.15, 0.2) is 27.6 Å². The molecule has 35 heavy (non-hydrogen) atoms. The average molecular weight is 540 g/mol. The van der Waals surface area contributed by atoms with Gasteiger partial charge in [-0.3, -0.25) is 9.79 Å². The summed E-state index contributed by atoms with van der Waals surface area (Å²) in [6.45, 7) is 0.762. The largest absolute Gasteiger partial charge is 0.480 e. The van der Waals surface area contributed by atoms with Gasteiger partial charge in [-0.2, -0.15) is 13.2 Å². The van der Waals surface area contributed by atoms with Crippen molar-refractivity contribution in [3.63, 3.8) is 0 Å². The predicted octanol–water partition coefficient (Wildman–Crippen LogP) is 3.98. The Labute approximate surface area is 192 Å². The summed E-state index contributed by atoms with van der Waals surface area (Å²) in [6.07, 6.45) is -8.30. The summed E-state index contributed by atoms with van der Waals surface area (Å²) < 4.78 is 112. The van der Waals surface area contributed by atoms with Gasteiger partial charge in [0.1, 0.15) is 16.7 Å². The van der Waals surface area contributed by atoms with Gasteiger partial charge in [0.25, 0.3) is 5.91 Å². The van der Waals surface area contributed by atoms with Crippen molar-refractivity contribution < 1.29 is 52.0 Å². The lowest BCUT2D eigenvalue weighted by Crippen LogP contribution is -2.47. The van der Waals surface area contributed by atoms with Crippen LogP contribution in [0.2, 0.25) is 0 Å². The van der Waals surface area contributed by atoms with Crippen molar-refractivity contribution in [1.82, 2.24) is 5.32 Å². The third-order valence-corrected chi connectivity index (χ3v) is 5.79. The highest BCUT2D eigenvalue weighted by Crippen LogP contribution is 3.02. The summed E-state index contributed by atoms with van der Waals surface area (Å²) in [5.74, 6) is -4.37. The van der Waals surface area contributed by atoms with Gasteiger partial charge >= 0.3 is 22.4 Å². The number of amides is 1. The summed E-state index contributed by atoms with van der Waals surface area (Å²) >= 11 is 0. The highest BCUT2D eigenvalue weighted by Gasteiger charge is 2.65. The lowest BCUT2D eigenvalue weighted by molar-refractivity contribution is -0.185. The van der Waals surface area contributed by atoms with E-state index in [0.29, 0.717) is 6.08 Å². The molecule has 17 heteroatoms. The van der Waals surface area contributed by atoms with Crippen molar-refractivity contribution in [2.75, 3.05) is 6.54 Å². The second-order valence-corrected chi connectivity index (χ2v) is 9.99. The Morgan fingerprint density at radius 1 is 1.20 bits per heavy atom. The van der Waals surface area contributed by atoms with Crippen LogP contribution in [0.1, 0.15) is 24.0 Å². The van der Waals surface area contributed by atoms with Gasteiger partial charge in [0.05, 0.1) is 5.57 Å². The van der Waals surface area contributed by atoms with Gasteiger partial charge in [0.15, 0.2) is 5.96 Å². The van der Waals surface area contributed by atoms with Gasteiger partial charge in [0, 0.05) is 12.1 Å². The molecule has 0 saturated heterocycles. The number of rotatable bonds is 8. The van der Waals surface area contributed by atoms with E-state index in [-0.39, 0.29) is 37.5 Å². The van der Waals surface area contributed by atoms with Crippen LogP contribution < -0.4 is 21.5 Å². The highest BCUT2D eigenvalue weighted by atomic mass is 32.5. The fourth-order valence-electron chi connectivity index (χ4n) is 3.11. The van der Waals surface area contributed by atoms with E-state index < -0.39 is 67.8 Å². The third-order valence-electron chi connectivity index (χ3n) is 4.66. The van der Waals surface area contributed by atoms with Gasteiger partial charge in [-0.1, -0.05) is 19.4 Å². The minimum Gasteiger partial charge on any atom is -0.480 e. The molecule has 0 spiro atoms. The molecule has 1 aliphatic rings. The monoisotopic (exact) mass is 540 g/mol. The summed E-state index contributed by atoms with van der Waals surface area (Å²) in [6, 6.07) is -1.91. The van der Waals surface area contributed by atoms with Crippen LogP contribution in [0.3, 0.4) is 0 Å². The molecule has 0 bridgehead atoms. The van der Waals surface area contributed by atoms with Crippen LogP contribution in [0.25, 0.3) is 6.08 Å². The Kier molecular flexibility index (Phi) is 6.76. The fourth-order valence-corrected chi connectivity index (χ4v) is 3.86. The van der Waals surface area contributed by atoms with E-state index in [1.54, 1.807) is 0 Å². The quantitative estimate of drug-likeness (QED) is 0.170. The number of aliphatic carboxylic acids is 1. The number of carboxylic acids is 1. The third kappa shape index (κ3) is 7.12. The number of carbonyl (C=O) groups excluding carboxylic acids is 1. The number of halogens is 8. The van der Waals surface area contributed by atoms with Crippen LogP contribution in [0, 0.1) is 6.92 Å². The van der Waals surface area contributed by atoms with Crippen molar-refractivity contribution in [3.05, 3.63) is 28.8 Å². The molecule has 0 fully saturated rings. The Hall–Kier alpha value is -3.24. The molecule has 0 aliphatic carbocycles. The number of aryl methyl sites for hydroxylation is 1. The van der Waals surface area contributed by atoms with Crippen LogP contribution in [0.5, 0.6) is 5.75 Å². The van der Waals surface area contributed by atoms with Crippen LogP contribution in [-0.2, 0) is 9.59 Å². The van der Waals surface area contributed by atoms with E-state index in [1.807, 2.05) is 5.32 Å². The van der Waals surface area contributed by atoms with E-state index in [2.05, 4.69) is 4.99 Å². The number of carbonyl (C=O) groups is 2. The molecule has 6 N–H and O–H groups in total. The number of nitrogens with two attached hydrogens (primary N) is 2. The number of guanidine groups is 1. The van der Waals surface area contributed by atoms with E-state index in [1.165, 1.54) is 0 Å². The fraction of sp³-hybridized carbons (Fsp3) is 0.389. The molecular formula is C18H20F8N4O4S. The Morgan fingerprint density at radius 3 is 2.29 bits per heavy atom. The molecule has 1 amide bonds. The van der Waals surface area contributed by atoms with Gasteiger partial charge in [0.2, 0.25) is 6.10 Å². The first kappa shape index (κ1) is 28.0. The van der Waals surface area contributed by atoms with E-state index in [4.69, 9.17) is 16.2 Å². The first-order valence-corrected chi connectivity index (χ1v) is 11.5. The summed E-state index contributed by atoms with van der Waals surface area (Å²) in [4.78, 5) is 25.2. The van der Waals surface area contributed by atoms with E-state index >= 15 is 0 Å². The summed E-state index contributed by atoms with van der Waals surface area (Å²) in [5.41, 5.74) is 7.35. The first-order chi connectivity index (χ1) is 15.6. The Balaban J connectivity index is 2.49. The van der Waals surface area contributed by atoms with E-state index in [9.17, 15) is 47.3 Å². The molecule has 1 aromatic rings. The molecule has 8 nitrogen and oxygen atoms in total. The topological polar surface area (TPSA) is 140 Å². The van der Waals surface area contributed by atoms with Crippen molar-refractivity contribution in [2.45, 2.75) is 43.0 Å². The summed E-state index contributed by atoms with van der Waals surface area (Å²) in [7, 11) is -10.2. The lowest BCUT2D eigenvalue weighted by Gasteiger charge is -2.41. The predicted molar refractivity (Wildman–Crippen MR) is 111 cm³/mol. The Bertz CT molecular complexity index is 1100. The van der Waals surface area contributed by atoms with Crippen molar-refractivity contribution in [3.8, 4) is 5.75 Å². The normalized spacial score (nSPS) is 18.7. The second-order valence-electron chi connectivity index (χ2n) is 7.58. The van der Waals surface area contributed by atoms with Crippen molar-refractivity contribution in [2.24, 2.45) is 16.5 Å². The Morgan fingerprint density at radius 2 is 1.80 bits per heavy atom. The average Bonchev–Trinajstić information content (AvgIpc) is 2.66. The maximum atomic E-state index is 13.6. The maximum absolute atomic E-state index is 13.6. The molecule has 1 aromatic carbocycles. The number of benzene rings is 1. The number of aliphatic imine (C=N–C) groups is 1. The lowest BCUT2D eigenvalue weighted by atomic mass is 9.98. The second kappa shape index (κ2) is 8.46. The molecular weight excluding hydrogens is 520 g/mol. The molecule has 0 aromatic heterocycles. The SMILES string of the molecule is Cc1cc(S(F)(F)(F)(F)F)cc2c1O[C@H](C(F)(F)F)C(C(=O)NC(CCCN=C(N)N)C(=O)O)=C2. The minimum absolute atomic E-state index is 0.0112. The number of alkyl halides is 3.